The van der Waals surface area contributed by atoms with E-state index in [2.05, 4.69) is 63.7 Å². The quantitative estimate of drug-likeness (QED) is 0.0354. The van der Waals surface area contributed by atoms with E-state index in [1.165, 1.54) is 28.6 Å². The molecule has 0 radical (unpaired) electrons. The SMILES string of the molecule is O=C1Nc2ccc(Br)cc2/C1=C/c1cc(Br)c(OCCOCCOCCOCCNC(=O)c2ccc(CN(CC3CCNCC3)S(=O)(=O)c3ccc(S(=O)(=O)N(Cc4ccc(Cl)cc4)C4CCCC4)cc3)cc2)c(Br)c1. The van der Waals surface area contributed by atoms with Crippen LogP contribution < -0.4 is 20.7 Å². The van der Waals surface area contributed by atoms with Crippen molar-refractivity contribution in [3.8, 4) is 5.75 Å². The number of fused-ring (bicyclic) bond motifs is 1. The predicted octanol–water partition coefficient (Wildman–Crippen LogP) is 10.3. The van der Waals surface area contributed by atoms with Crippen LogP contribution in [0.15, 0.2) is 126 Å². The zero-order chi connectivity index (χ0) is 53.7. The number of halogens is 4. The molecule has 21 heteroatoms. The van der Waals surface area contributed by atoms with Gasteiger partial charge in [-0.25, -0.2) is 16.8 Å². The van der Waals surface area contributed by atoms with E-state index in [4.69, 9.17) is 30.5 Å². The van der Waals surface area contributed by atoms with Gasteiger partial charge in [0.25, 0.3) is 11.8 Å². The summed E-state index contributed by atoms with van der Waals surface area (Å²) in [6.45, 7) is 4.80. The smallest absolute Gasteiger partial charge is 0.256 e. The number of ether oxygens (including phenoxy) is 4. The number of piperidine rings is 1. The van der Waals surface area contributed by atoms with E-state index < -0.39 is 20.0 Å². The van der Waals surface area contributed by atoms with Gasteiger partial charge in [0, 0.05) is 64.1 Å². The Hall–Kier alpha value is -4.03. The lowest BCUT2D eigenvalue weighted by atomic mass is 9.98. The number of nitrogens with zero attached hydrogens (tertiary/aromatic N) is 2. The number of carbonyl (C=O) groups excluding carboxylic acids is 2. The second kappa shape index (κ2) is 27.7. The molecule has 15 nitrogen and oxygen atoms in total. The summed E-state index contributed by atoms with van der Waals surface area (Å²) < 4.78 is 85.5. The largest absolute Gasteiger partial charge is 0.489 e. The number of carbonyl (C=O) groups is 2. The van der Waals surface area contributed by atoms with E-state index in [0.717, 1.165) is 87.4 Å². The van der Waals surface area contributed by atoms with Crippen LogP contribution in [0.2, 0.25) is 5.02 Å². The number of hydrogen-bond donors (Lipinski definition) is 3. The summed E-state index contributed by atoms with van der Waals surface area (Å²) in [4.78, 5) is 25.7. The number of nitrogens with one attached hydrogen (secondary N) is 3. The van der Waals surface area contributed by atoms with Crippen LogP contribution in [0.3, 0.4) is 0 Å². The van der Waals surface area contributed by atoms with E-state index in [1.807, 2.05) is 48.5 Å². The lowest BCUT2D eigenvalue weighted by molar-refractivity contribution is -0.110. The molecule has 5 aromatic rings. The van der Waals surface area contributed by atoms with E-state index in [-0.39, 0.29) is 59.8 Å². The monoisotopic (exact) mass is 1290 g/mol. The molecule has 0 bridgehead atoms. The Labute approximate surface area is 475 Å². The van der Waals surface area contributed by atoms with Crippen LogP contribution in [-0.4, -0.2) is 116 Å². The van der Waals surface area contributed by atoms with E-state index in [1.54, 1.807) is 40.7 Å². The molecule has 1 saturated carbocycles. The third-order valence-corrected chi connectivity index (χ3v) is 19.1. The van der Waals surface area contributed by atoms with Gasteiger partial charge in [0.1, 0.15) is 12.4 Å². The fourth-order valence-corrected chi connectivity index (χ4v) is 14.5. The first-order chi connectivity index (χ1) is 36.6. The maximum Gasteiger partial charge on any atom is 0.256 e. The molecule has 1 aliphatic carbocycles. The van der Waals surface area contributed by atoms with Gasteiger partial charge in [-0.1, -0.05) is 64.6 Å². The van der Waals surface area contributed by atoms with Gasteiger partial charge in [0.15, 0.2) is 0 Å². The molecule has 0 unspecified atom stereocenters. The molecule has 2 heterocycles. The topological polar surface area (TPSA) is 182 Å². The molecule has 2 aliphatic heterocycles. The standard InChI is InChI=1S/C55H61Br3ClN5O10S2/c56-43-11-18-52-48(34-43)49(55(66)62-52)31-41-32-50(57)53(51(58)33-41)74-30-29-73-28-27-72-26-25-71-24-23-61-54(65)42-9-5-38(6-10-42)35-63(36-40-19-21-60-22-20-40)75(67,68)46-14-16-47(17-15-46)76(69,70)64(45-3-1-2-4-45)37-39-7-12-44(59)13-8-39/h5-18,31-34,40,45,60H,1-4,19-30,35-37H2,(H,61,65)(H,62,66)/b49-31-. The lowest BCUT2D eigenvalue weighted by Gasteiger charge is -2.30. The van der Waals surface area contributed by atoms with E-state index >= 15 is 0 Å². The third-order valence-electron chi connectivity index (χ3n) is 13.4. The number of anilines is 1. The average molecular weight is 1290 g/mol. The van der Waals surface area contributed by atoms with Crippen molar-refractivity contribution < 1.29 is 45.4 Å². The molecule has 0 atom stereocenters. The van der Waals surface area contributed by atoms with Gasteiger partial charge in [0.05, 0.1) is 58.4 Å². The average Bonchev–Trinajstić information content (AvgIpc) is 4.10. The number of amides is 2. The summed E-state index contributed by atoms with van der Waals surface area (Å²) in [5.74, 6) is 0.315. The highest BCUT2D eigenvalue weighted by molar-refractivity contribution is 9.11. The maximum atomic E-state index is 14.4. The zero-order valence-corrected chi connectivity index (χ0v) is 48.9. The van der Waals surface area contributed by atoms with Gasteiger partial charge in [-0.3, -0.25) is 9.59 Å². The fraction of sp³-hybridized carbons (Fsp3) is 0.382. The molecule has 2 fully saturated rings. The molecule has 8 rings (SSSR count). The minimum absolute atomic E-state index is 0.0119. The van der Waals surface area contributed by atoms with Crippen LogP contribution in [0.5, 0.6) is 5.75 Å². The van der Waals surface area contributed by atoms with Gasteiger partial charge in [-0.15, -0.1) is 0 Å². The number of benzene rings is 5. The first kappa shape index (κ1) is 58.1. The van der Waals surface area contributed by atoms with Crippen molar-refractivity contribution in [1.82, 2.24) is 19.2 Å². The van der Waals surface area contributed by atoms with Crippen molar-refractivity contribution in [1.29, 1.82) is 0 Å². The van der Waals surface area contributed by atoms with Crippen molar-refractivity contribution in [2.75, 3.05) is 77.7 Å². The zero-order valence-electron chi connectivity index (χ0n) is 41.8. The second-order valence-corrected chi connectivity index (χ2v) is 25.6. The van der Waals surface area contributed by atoms with Crippen LogP contribution in [-0.2, 0) is 52.1 Å². The van der Waals surface area contributed by atoms with Crippen molar-refractivity contribution in [3.05, 3.63) is 149 Å². The second-order valence-electron chi connectivity index (χ2n) is 18.7. The summed E-state index contributed by atoms with van der Waals surface area (Å²) in [7, 11) is -8.03. The number of rotatable bonds is 26. The predicted molar refractivity (Wildman–Crippen MR) is 305 cm³/mol. The summed E-state index contributed by atoms with van der Waals surface area (Å²) in [5, 5.41) is 9.67. The van der Waals surface area contributed by atoms with Crippen molar-refractivity contribution in [2.45, 2.75) is 67.4 Å². The van der Waals surface area contributed by atoms with Gasteiger partial charge in [-0.2, -0.15) is 8.61 Å². The molecule has 3 N–H and O–H groups in total. The van der Waals surface area contributed by atoms with Crippen molar-refractivity contribution in [2.24, 2.45) is 5.92 Å². The highest BCUT2D eigenvalue weighted by Gasteiger charge is 2.35. The minimum atomic E-state index is -4.06. The van der Waals surface area contributed by atoms with Crippen molar-refractivity contribution in [3.63, 3.8) is 0 Å². The normalized spacial score (nSPS) is 15.9. The lowest BCUT2D eigenvalue weighted by Crippen LogP contribution is -2.39. The molecule has 0 spiro atoms. The Morgan fingerprint density at radius 3 is 1.92 bits per heavy atom. The Bertz CT molecular complexity index is 3030. The highest BCUT2D eigenvalue weighted by atomic mass is 79.9. The Balaban J connectivity index is 0.743. The molecule has 5 aromatic carbocycles. The van der Waals surface area contributed by atoms with Gasteiger partial charge >= 0.3 is 0 Å². The fourth-order valence-electron chi connectivity index (χ4n) is 9.36. The van der Waals surface area contributed by atoms with Crippen LogP contribution >= 0.6 is 59.4 Å². The summed E-state index contributed by atoms with van der Waals surface area (Å²) >= 11 is 16.8. The molecular formula is C55H61Br3ClN5O10S2. The van der Waals surface area contributed by atoms with Crippen LogP contribution in [0.25, 0.3) is 11.6 Å². The van der Waals surface area contributed by atoms with E-state index in [9.17, 15) is 26.4 Å². The van der Waals surface area contributed by atoms with Crippen LogP contribution in [0.1, 0.15) is 71.1 Å². The van der Waals surface area contributed by atoms with Crippen LogP contribution in [0, 0.1) is 5.92 Å². The maximum absolute atomic E-state index is 14.4. The molecule has 76 heavy (non-hydrogen) atoms. The molecule has 1 saturated heterocycles. The van der Waals surface area contributed by atoms with Gasteiger partial charge < -0.3 is 34.9 Å². The Morgan fingerprint density at radius 1 is 0.697 bits per heavy atom. The summed E-state index contributed by atoms with van der Waals surface area (Å²) in [6, 6.07) is 28.9. The number of sulfonamides is 2. The van der Waals surface area contributed by atoms with Crippen LogP contribution in [0.4, 0.5) is 5.69 Å². The third kappa shape index (κ3) is 15.6. The molecule has 0 aromatic heterocycles. The molecule has 3 aliphatic rings. The first-order valence-electron chi connectivity index (χ1n) is 25.3. The Kier molecular flexibility index (Phi) is 21.2. The van der Waals surface area contributed by atoms with Gasteiger partial charge in [0.2, 0.25) is 20.0 Å². The van der Waals surface area contributed by atoms with Crippen molar-refractivity contribution >= 4 is 109 Å². The minimum Gasteiger partial charge on any atom is -0.489 e. The molecular weight excluding hydrogens is 1230 g/mol. The Morgan fingerprint density at radius 2 is 1.28 bits per heavy atom. The first-order valence-corrected chi connectivity index (χ1v) is 30.9. The molecule has 406 valence electrons. The highest BCUT2D eigenvalue weighted by Crippen LogP contribution is 2.39. The number of hydrogen-bond acceptors (Lipinski definition) is 11. The summed E-state index contributed by atoms with van der Waals surface area (Å²) in [5.41, 5.74) is 4.96. The summed E-state index contributed by atoms with van der Waals surface area (Å²) in [6.07, 6.45) is 6.90. The van der Waals surface area contributed by atoms with E-state index in [0.29, 0.717) is 73.7 Å². The van der Waals surface area contributed by atoms with Gasteiger partial charge in [-0.05, 0) is 178 Å². The molecule has 2 amide bonds.